The van der Waals surface area contributed by atoms with Crippen molar-refractivity contribution in [1.82, 2.24) is 24.9 Å². The minimum absolute atomic E-state index is 0.0267. The monoisotopic (exact) mass is 2070 g/mol. The Morgan fingerprint density at radius 1 is 0.262 bits per heavy atom. The van der Waals surface area contributed by atoms with Gasteiger partial charge >= 0.3 is 0 Å². The molecule has 0 spiro atoms. The van der Waals surface area contributed by atoms with Crippen molar-refractivity contribution in [1.29, 1.82) is 0 Å². The molecule has 0 aliphatic heterocycles. The largest absolute Gasteiger partial charge is 0.497 e. The Bertz CT molecular complexity index is 7250. The summed E-state index contributed by atoms with van der Waals surface area (Å²) in [4.78, 5) is 95.8. The molecule has 10 aromatic carbocycles. The minimum atomic E-state index is -0.479. The third kappa shape index (κ3) is 31.5. The summed E-state index contributed by atoms with van der Waals surface area (Å²) in [7, 11) is 21.7. The van der Waals surface area contributed by atoms with Crippen LogP contribution in [0.5, 0.6) is 80.5 Å². The van der Waals surface area contributed by atoms with Gasteiger partial charge in [0.05, 0.1) is 143 Å². The fourth-order valence-electron chi connectivity index (χ4n) is 14.0. The first kappa shape index (κ1) is 111. The minimum Gasteiger partial charge on any atom is -0.497 e. The van der Waals surface area contributed by atoms with Crippen LogP contribution in [0.1, 0.15) is 79.6 Å². The van der Waals surface area contributed by atoms with Gasteiger partial charge in [-0.15, -0.1) is 0 Å². The van der Waals surface area contributed by atoms with E-state index in [1.54, 1.807) is 263 Å². The summed E-state index contributed by atoms with van der Waals surface area (Å²) in [5.74, 6) is 8.78. The maximum atomic E-state index is 12.9. The van der Waals surface area contributed by atoms with Crippen LogP contribution in [0.2, 0.25) is 15.1 Å². The number of para-hydroxylation sites is 1. The number of pyridine rings is 5. The lowest BCUT2D eigenvalue weighted by atomic mass is 10.1. The van der Waals surface area contributed by atoms with Gasteiger partial charge in [0.2, 0.25) is 17.2 Å². The zero-order valence-corrected chi connectivity index (χ0v) is 85.6. The van der Waals surface area contributed by atoms with Crippen molar-refractivity contribution in [2.24, 2.45) is 0 Å². The number of allylic oxidation sites excluding steroid dienone is 5. The lowest BCUT2D eigenvalue weighted by molar-refractivity contribution is -0.384. The number of ether oxygens (including phenoxy) is 14. The molecule has 32 nitrogen and oxygen atoms in total. The van der Waals surface area contributed by atoms with Gasteiger partial charge in [0.25, 0.3) is 5.69 Å². The molecule has 0 radical (unpaired) electrons. The first-order valence-electron chi connectivity index (χ1n) is 45.0. The molecular weight excluding hydrogens is 1970 g/mol. The van der Waals surface area contributed by atoms with Crippen LogP contribution in [0.25, 0.3) is 30.4 Å². The summed E-state index contributed by atoms with van der Waals surface area (Å²) in [5, 5.41) is 28.0. The first-order chi connectivity index (χ1) is 72.3. The highest BCUT2D eigenvalue weighted by atomic mass is 35.5. The van der Waals surface area contributed by atoms with Crippen LogP contribution in [0.15, 0.2) is 316 Å². The van der Waals surface area contributed by atoms with Crippen LogP contribution < -0.4 is 92.9 Å². The van der Waals surface area contributed by atoms with Crippen molar-refractivity contribution in [2.75, 3.05) is 126 Å². The van der Waals surface area contributed by atoms with E-state index < -0.39 is 4.92 Å². The molecule has 0 aliphatic rings. The molecule has 0 aliphatic carbocycles. The van der Waals surface area contributed by atoms with Crippen molar-refractivity contribution < 1.29 is 95.2 Å². The van der Waals surface area contributed by atoms with Crippen LogP contribution >= 0.6 is 34.8 Å². The predicted octanol–water partition coefficient (Wildman–Crippen LogP) is 25.6. The Morgan fingerprint density at radius 3 is 0.812 bits per heavy atom. The number of ketones is 5. The van der Waals surface area contributed by atoms with Crippen LogP contribution in [-0.2, 0) is 0 Å². The molecule has 149 heavy (non-hydrogen) atoms. The van der Waals surface area contributed by atoms with Gasteiger partial charge in [-0.2, -0.15) is 0 Å². The molecule has 15 rings (SSSR count). The van der Waals surface area contributed by atoms with Crippen molar-refractivity contribution in [3.63, 3.8) is 0 Å². The smallest absolute Gasteiger partial charge is 0.269 e. The molecule has 0 amide bonds. The van der Waals surface area contributed by atoms with Crippen molar-refractivity contribution in [3.05, 3.63) is 397 Å². The fraction of sp³-hybridized carbons (Fsp3) is 0.123. The van der Waals surface area contributed by atoms with Gasteiger partial charge in [-0.05, 0) is 271 Å². The highest BCUT2D eigenvalue weighted by Crippen LogP contribution is 2.43. The second kappa shape index (κ2) is 56.5. The van der Waals surface area contributed by atoms with Gasteiger partial charge in [0, 0.05) is 75.9 Å². The standard InChI is InChI=1S/C23H20Cl2N2O4.C23H21ClN2O4.C23H21N3O6.C23H22N2O4.C22H20N2O3/c1-29-20-11-14(12-21(30-2)22(20)31-3)6-9-19(28)16-5-4-10-26-23(16)27-18-8-7-15(24)13-17(18)25;1-28-20-13-15(14-21(29-2)22(20)30-3)6-11-19(27)18-5-4-12-25-23(18)26-17-9-7-16(24)8-10-17;1-30-20-13-15(14-21(31-2)22(20)32-3)6-11-19(27)18-5-4-12-24-23(18)25-16-7-9-17(10-8-16)26(28)29;1-27-18-10-8-17(9-11-18)25-23-19(5-4-14-24-23)20(26)12-6-16-7-13-21(28-2)22(15-16)29-3;1-26-20-13-11-16(15-21(20)27-2)10-12-19(25)18-9-6-14-23-22(18)24-17-7-4-3-5-8-17/h4-13H,1-3H3,(H,26,27);4-14H,1-3H3,(H,25,26);4-14H,1-3H3,(H,24,25);4-15H,1-3H3,(H,24,25);3-15H,1-2H3,(H,23,24)/b9-6+;2*11-6+;12-6+;12-10+. The van der Waals surface area contributed by atoms with E-state index in [0.717, 1.165) is 39.5 Å². The van der Waals surface area contributed by atoms with Gasteiger partial charge in [0.15, 0.2) is 86.4 Å². The highest BCUT2D eigenvalue weighted by molar-refractivity contribution is 6.36. The number of hydrogen-bond acceptors (Lipinski definition) is 31. The molecule has 0 bridgehead atoms. The van der Waals surface area contributed by atoms with Gasteiger partial charge < -0.3 is 92.9 Å². The molecule has 35 heteroatoms. The van der Waals surface area contributed by atoms with Gasteiger partial charge in [-0.1, -0.05) is 95.5 Å². The number of carbonyl (C=O) groups is 5. The average Bonchev–Trinajstić information content (AvgIpc) is 0.827. The SMILES string of the molecule is COc1cc(/C=C/C(=O)c2cccnc2Nc2ccc(Cl)cc2)cc(OC)c1OC.COc1cc(/C=C/C(=O)c2cccnc2Nc2ccc(Cl)cc2Cl)cc(OC)c1OC.COc1cc(/C=C/C(=O)c2cccnc2Nc2ccc([N+](=O)[O-])cc2)cc(OC)c1OC.COc1ccc(/C=C/C(=O)c2cccnc2Nc2ccccc2)cc1OC.COc1ccc(Nc2ncccc2C(=O)/C=C/c2ccc(OC)c(OC)c2)cc1. The zero-order chi connectivity index (χ0) is 107. The molecule has 5 N–H and O–H groups in total. The Morgan fingerprint density at radius 2 is 0.530 bits per heavy atom. The van der Waals surface area contributed by atoms with Gasteiger partial charge in [-0.25, -0.2) is 24.9 Å². The van der Waals surface area contributed by atoms with Gasteiger partial charge in [-0.3, -0.25) is 34.1 Å². The molecule has 0 atom stereocenters. The summed E-state index contributed by atoms with van der Waals surface area (Å²) >= 11 is 18.1. The van der Waals surface area contributed by atoms with E-state index >= 15 is 0 Å². The molecule has 0 fully saturated rings. The number of non-ortho nitro benzene ring substituents is 1. The average molecular weight is 2070 g/mol. The maximum Gasteiger partial charge on any atom is 0.269 e. The number of nitrogens with one attached hydrogen (secondary N) is 5. The van der Waals surface area contributed by atoms with Gasteiger partial charge in [0.1, 0.15) is 34.8 Å². The van der Waals surface area contributed by atoms with Crippen LogP contribution in [0.3, 0.4) is 0 Å². The van der Waals surface area contributed by atoms with E-state index in [4.69, 9.17) is 101 Å². The quantitative estimate of drug-likeness (QED) is 0.0103. The molecule has 0 unspecified atom stereocenters. The molecule has 762 valence electrons. The number of nitrogens with zero attached hydrogens (tertiary/aromatic N) is 6. The summed E-state index contributed by atoms with van der Waals surface area (Å²) in [6, 6.07) is 73.5. The van der Waals surface area contributed by atoms with E-state index in [2.05, 4.69) is 51.5 Å². The number of halogens is 3. The van der Waals surface area contributed by atoms with E-state index in [1.807, 2.05) is 91.0 Å². The van der Waals surface area contributed by atoms with E-state index in [0.29, 0.717) is 169 Å². The highest BCUT2D eigenvalue weighted by Gasteiger charge is 2.22. The van der Waals surface area contributed by atoms with E-state index in [9.17, 15) is 34.1 Å². The number of anilines is 10. The fourth-order valence-corrected chi connectivity index (χ4v) is 14.6. The molecule has 5 aromatic heterocycles. The van der Waals surface area contributed by atoms with Crippen LogP contribution in [-0.4, -0.2) is 158 Å². The number of carbonyl (C=O) groups excluding carboxylic acids is 5. The number of nitro benzene ring substituents is 1. The lowest BCUT2D eigenvalue weighted by Crippen LogP contribution is -2.04. The molecule has 0 saturated carbocycles. The first-order valence-corrected chi connectivity index (χ1v) is 46.2. The Labute approximate surface area is 875 Å². The summed E-state index contributed by atoms with van der Waals surface area (Å²) in [5.41, 5.74) is 9.51. The lowest BCUT2D eigenvalue weighted by Gasteiger charge is -2.13. The molecule has 15 aromatic rings. The third-order valence-electron chi connectivity index (χ3n) is 21.4. The Hall–Kier alpha value is -18.5. The Kier molecular flexibility index (Phi) is 42.0. The number of hydrogen-bond donors (Lipinski definition) is 5. The summed E-state index contributed by atoms with van der Waals surface area (Å²) in [6.07, 6.45) is 23.9. The van der Waals surface area contributed by atoms with E-state index in [1.165, 1.54) is 92.3 Å². The third-order valence-corrected chi connectivity index (χ3v) is 22.2. The number of nitro groups is 1. The topological polar surface area (TPSA) is 382 Å². The number of rotatable bonds is 40. The predicted molar refractivity (Wildman–Crippen MR) is 582 cm³/mol. The number of aromatic nitrogens is 5. The second-order valence-electron chi connectivity index (χ2n) is 30.7. The van der Waals surface area contributed by atoms with Crippen LogP contribution in [0.4, 0.5) is 63.2 Å². The number of methoxy groups -OCH3 is 14. The summed E-state index contributed by atoms with van der Waals surface area (Å²) in [6.45, 7) is 0. The van der Waals surface area contributed by atoms with Crippen molar-refractivity contribution >= 4 is 157 Å². The van der Waals surface area contributed by atoms with Crippen LogP contribution in [0, 0.1) is 10.1 Å². The summed E-state index contributed by atoms with van der Waals surface area (Å²) < 4.78 is 74.2. The zero-order valence-electron chi connectivity index (χ0n) is 83.3. The normalized spacial score (nSPS) is 10.6. The molecule has 5 heterocycles. The maximum absolute atomic E-state index is 12.9. The second-order valence-corrected chi connectivity index (χ2v) is 32.0. The van der Waals surface area contributed by atoms with E-state index in [-0.39, 0.29) is 34.6 Å². The van der Waals surface area contributed by atoms with Crippen molar-refractivity contribution in [2.45, 2.75) is 0 Å². The molecular formula is C114H104Cl3N11O21. The Balaban J connectivity index is 0.000000177. The number of benzene rings is 10. The van der Waals surface area contributed by atoms with Crippen molar-refractivity contribution in [3.8, 4) is 80.5 Å². The molecule has 0 saturated heterocycles.